The molecule has 1 fully saturated rings. The summed E-state index contributed by atoms with van der Waals surface area (Å²) in [5.41, 5.74) is 4.05. The molecule has 1 atom stereocenters. The molecule has 154 valence electrons. The summed E-state index contributed by atoms with van der Waals surface area (Å²) < 4.78 is 5.86. The quantitative estimate of drug-likeness (QED) is 0.617. The number of carbonyl (C=O) groups is 1. The van der Waals surface area contributed by atoms with E-state index in [0.29, 0.717) is 12.1 Å². The number of pyridine rings is 1. The zero-order valence-corrected chi connectivity index (χ0v) is 18.0. The van der Waals surface area contributed by atoms with E-state index in [-0.39, 0.29) is 12.2 Å². The highest BCUT2D eigenvalue weighted by Crippen LogP contribution is 2.38. The SMILES string of the molecule is Cc1ccc(Sc2ccccc2N2CCNCC2OC(=O)c2cccnc2)c(C)c1. The number of hydrogen-bond acceptors (Lipinski definition) is 6. The van der Waals surface area contributed by atoms with Crippen LogP contribution < -0.4 is 10.2 Å². The predicted molar refractivity (Wildman–Crippen MR) is 120 cm³/mol. The third-order valence-corrected chi connectivity index (χ3v) is 6.30. The summed E-state index contributed by atoms with van der Waals surface area (Å²) in [5.74, 6) is -0.360. The Morgan fingerprint density at radius 1 is 1.13 bits per heavy atom. The van der Waals surface area contributed by atoms with Gasteiger partial charge in [0.2, 0.25) is 0 Å². The van der Waals surface area contributed by atoms with Crippen molar-refractivity contribution in [1.29, 1.82) is 0 Å². The number of rotatable bonds is 5. The van der Waals surface area contributed by atoms with Crippen LogP contribution in [0.1, 0.15) is 21.5 Å². The third-order valence-electron chi connectivity index (χ3n) is 5.06. The van der Waals surface area contributed by atoms with Crippen LogP contribution in [0.25, 0.3) is 0 Å². The van der Waals surface area contributed by atoms with E-state index >= 15 is 0 Å². The van der Waals surface area contributed by atoms with Crippen LogP contribution >= 0.6 is 11.8 Å². The largest absolute Gasteiger partial charge is 0.437 e. The number of anilines is 1. The molecule has 2 aromatic carbocycles. The lowest BCUT2D eigenvalue weighted by Crippen LogP contribution is -2.53. The highest BCUT2D eigenvalue weighted by atomic mass is 32.2. The first kappa shape index (κ1) is 20.4. The molecule has 0 amide bonds. The van der Waals surface area contributed by atoms with E-state index in [9.17, 15) is 4.79 Å². The first-order chi connectivity index (χ1) is 14.6. The summed E-state index contributed by atoms with van der Waals surface area (Å²) in [6.07, 6.45) is 2.80. The van der Waals surface area contributed by atoms with Gasteiger partial charge in [-0.15, -0.1) is 0 Å². The van der Waals surface area contributed by atoms with Crippen LogP contribution in [-0.4, -0.2) is 36.8 Å². The topological polar surface area (TPSA) is 54.5 Å². The number of aromatic nitrogens is 1. The Hall–Kier alpha value is -2.83. The van der Waals surface area contributed by atoms with Gasteiger partial charge < -0.3 is 15.0 Å². The van der Waals surface area contributed by atoms with Gasteiger partial charge in [-0.05, 0) is 49.7 Å². The van der Waals surface area contributed by atoms with Crippen molar-refractivity contribution in [3.8, 4) is 0 Å². The van der Waals surface area contributed by atoms with E-state index in [4.69, 9.17) is 4.74 Å². The van der Waals surface area contributed by atoms with Gasteiger partial charge in [0, 0.05) is 35.3 Å². The molecule has 5 nitrogen and oxygen atoms in total. The standard InChI is InChI=1S/C24H25N3O2S/c1-17-9-10-21(18(2)14-17)30-22-8-4-3-7-20(22)27-13-12-26-16-23(27)29-24(28)19-6-5-11-25-15-19/h3-11,14-15,23,26H,12-13,16H2,1-2H3. The fraction of sp³-hybridized carbons (Fsp3) is 0.250. The first-order valence-electron chi connectivity index (χ1n) is 10.0. The number of nitrogens with one attached hydrogen (secondary N) is 1. The zero-order valence-electron chi connectivity index (χ0n) is 17.2. The average Bonchev–Trinajstić information content (AvgIpc) is 2.77. The van der Waals surface area contributed by atoms with Gasteiger partial charge in [-0.1, -0.05) is 41.6 Å². The number of nitrogens with zero attached hydrogens (tertiary/aromatic N) is 2. The number of para-hydroxylation sites is 1. The number of esters is 1. The van der Waals surface area contributed by atoms with E-state index in [1.165, 1.54) is 22.2 Å². The van der Waals surface area contributed by atoms with Crippen molar-refractivity contribution >= 4 is 23.4 Å². The predicted octanol–water partition coefficient (Wildman–Crippen LogP) is 4.44. The Morgan fingerprint density at radius 2 is 2.00 bits per heavy atom. The maximum atomic E-state index is 12.6. The van der Waals surface area contributed by atoms with Crippen molar-refractivity contribution in [2.75, 3.05) is 24.5 Å². The third kappa shape index (κ3) is 4.66. The molecule has 1 unspecified atom stereocenters. The zero-order chi connectivity index (χ0) is 20.9. The van der Waals surface area contributed by atoms with E-state index in [0.717, 1.165) is 23.7 Å². The second kappa shape index (κ2) is 9.32. The second-order valence-electron chi connectivity index (χ2n) is 7.34. The highest BCUT2D eigenvalue weighted by molar-refractivity contribution is 7.99. The Bertz CT molecular complexity index is 1030. The minimum Gasteiger partial charge on any atom is -0.437 e. The van der Waals surface area contributed by atoms with Crippen LogP contribution in [0.5, 0.6) is 0 Å². The van der Waals surface area contributed by atoms with Crippen molar-refractivity contribution in [2.24, 2.45) is 0 Å². The average molecular weight is 420 g/mol. The summed E-state index contributed by atoms with van der Waals surface area (Å²) in [4.78, 5) is 21.2. The molecule has 1 saturated heterocycles. The molecule has 30 heavy (non-hydrogen) atoms. The molecule has 1 N–H and O–H groups in total. The highest BCUT2D eigenvalue weighted by Gasteiger charge is 2.28. The number of ether oxygens (including phenoxy) is 1. The fourth-order valence-corrected chi connectivity index (χ4v) is 4.58. The molecule has 2 heterocycles. The summed E-state index contributed by atoms with van der Waals surface area (Å²) in [5, 5.41) is 3.33. The van der Waals surface area contributed by atoms with Crippen LogP contribution in [0.2, 0.25) is 0 Å². The van der Waals surface area contributed by atoms with Crippen LogP contribution in [-0.2, 0) is 4.74 Å². The van der Waals surface area contributed by atoms with Crippen LogP contribution in [0, 0.1) is 13.8 Å². The molecular formula is C24H25N3O2S. The van der Waals surface area contributed by atoms with Gasteiger partial charge in [0.05, 0.1) is 17.8 Å². The summed E-state index contributed by atoms with van der Waals surface area (Å²) in [7, 11) is 0. The van der Waals surface area contributed by atoms with Gasteiger partial charge in [-0.2, -0.15) is 0 Å². The summed E-state index contributed by atoms with van der Waals surface area (Å²) in [6, 6.07) is 18.3. The van der Waals surface area contributed by atoms with Crippen molar-refractivity contribution in [1.82, 2.24) is 10.3 Å². The Balaban J connectivity index is 1.59. The van der Waals surface area contributed by atoms with Gasteiger partial charge >= 0.3 is 5.97 Å². The molecule has 4 rings (SSSR count). The minimum absolute atomic E-state index is 0.360. The van der Waals surface area contributed by atoms with Gasteiger partial charge in [-0.25, -0.2) is 4.79 Å². The van der Waals surface area contributed by atoms with Gasteiger partial charge in [-0.3, -0.25) is 4.98 Å². The number of piperazine rings is 1. The van der Waals surface area contributed by atoms with Crippen molar-refractivity contribution in [3.05, 3.63) is 83.7 Å². The molecule has 0 saturated carbocycles. The molecule has 1 aromatic heterocycles. The monoisotopic (exact) mass is 419 g/mol. The molecular weight excluding hydrogens is 394 g/mol. The lowest BCUT2D eigenvalue weighted by atomic mass is 10.2. The van der Waals surface area contributed by atoms with E-state index < -0.39 is 0 Å². The lowest BCUT2D eigenvalue weighted by molar-refractivity contribution is 0.0266. The molecule has 0 radical (unpaired) electrons. The maximum absolute atomic E-state index is 12.6. The number of aryl methyl sites for hydroxylation is 2. The Morgan fingerprint density at radius 3 is 2.80 bits per heavy atom. The lowest BCUT2D eigenvalue weighted by Gasteiger charge is -2.38. The van der Waals surface area contributed by atoms with E-state index in [1.54, 1.807) is 30.1 Å². The molecule has 3 aromatic rings. The molecule has 1 aliphatic rings. The van der Waals surface area contributed by atoms with Crippen LogP contribution in [0.4, 0.5) is 5.69 Å². The molecule has 1 aliphatic heterocycles. The van der Waals surface area contributed by atoms with Crippen molar-refractivity contribution in [2.45, 2.75) is 29.9 Å². The molecule has 0 bridgehead atoms. The van der Waals surface area contributed by atoms with Crippen molar-refractivity contribution < 1.29 is 9.53 Å². The summed E-state index contributed by atoms with van der Waals surface area (Å²) >= 11 is 1.75. The first-order valence-corrected chi connectivity index (χ1v) is 10.9. The van der Waals surface area contributed by atoms with Gasteiger partial charge in [0.1, 0.15) is 0 Å². The Labute approximate surface area is 181 Å². The smallest absolute Gasteiger partial charge is 0.341 e. The normalized spacial score (nSPS) is 16.3. The minimum atomic E-state index is -0.382. The van der Waals surface area contributed by atoms with Crippen molar-refractivity contribution in [3.63, 3.8) is 0 Å². The number of hydrogen-bond donors (Lipinski definition) is 1. The van der Waals surface area contributed by atoms with Crippen LogP contribution in [0.3, 0.4) is 0 Å². The number of carbonyl (C=O) groups excluding carboxylic acids is 1. The van der Waals surface area contributed by atoms with E-state index in [2.05, 4.69) is 59.4 Å². The molecule has 6 heteroatoms. The number of benzene rings is 2. The second-order valence-corrected chi connectivity index (χ2v) is 8.42. The Kier molecular flexibility index (Phi) is 6.35. The van der Waals surface area contributed by atoms with Gasteiger partial charge in [0.25, 0.3) is 0 Å². The molecule has 0 spiro atoms. The fourth-order valence-electron chi connectivity index (χ4n) is 3.55. The molecule has 0 aliphatic carbocycles. The maximum Gasteiger partial charge on any atom is 0.341 e. The van der Waals surface area contributed by atoms with Gasteiger partial charge in [0.15, 0.2) is 6.23 Å². The summed E-state index contributed by atoms with van der Waals surface area (Å²) in [6.45, 7) is 6.42. The van der Waals surface area contributed by atoms with Crippen LogP contribution in [0.15, 0.2) is 76.8 Å². The van der Waals surface area contributed by atoms with E-state index in [1.807, 2.05) is 12.1 Å².